The van der Waals surface area contributed by atoms with Crippen LogP contribution in [0.25, 0.3) is 0 Å². The molecular formula is C54H74F3O3P2RhS+2. The zero-order valence-corrected chi connectivity index (χ0v) is 45.1. The molecule has 352 valence electrons. The second-order valence-electron chi connectivity index (χ2n) is 21.0. The number of hydrogen-bond acceptors (Lipinski definition) is 3. The van der Waals surface area contributed by atoms with Crippen molar-refractivity contribution >= 4 is 47.2 Å². The quantitative estimate of drug-likeness (QED) is 0.0581. The Balaban J connectivity index is 0.000000695. The van der Waals surface area contributed by atoms with E-state index in [-0.39, 0.29) is 41.1 Å². The molecule has 0 fully saturated rings. The fraction of sp³-hybridized carbons (Fsp3) is 0.481. The molecule has 0 amide bonds. The van der Waals surface area contributed by atoms with E-state index in [1.165, 1.54) is 49.9 Å². The van der Waals surface area contributed by atoms with E-state index in [4.69, 9.17) is 13.0 Å². The third-order valence-corrected chi connectivity index (χ3v) is 18.2. The number of halogens is 3. The summed E-state index contributed by atoms with van der Waals surface area (Å²) < 4.78 is 58.9. The minimum Gasteiger partial charge on any atom is -0.741 e. The van der Waals surface area contributed by atoms with E-state index < -0.39 is 31.5 Å². The summed E-state index contributed by atoms with van der Waals surface area (Å²) in [5.41, 5.74) is 1.79. The van der Waals surface area contributed by atoms with Crippen molar-refractivity contribution in [2.24, 2.45) is 0 Å². The summed E-state index contributed by atoms with van der Waals surface area (Å²) in [6, 6.07) is 38.8. The Bertz CT molecular complexity index is 1910. The molecule has 64 heavy (non-hydrogen) atoms. The number of hydrogen-bond donors (Lipinski definition) is 0. The summed E-state index contributed by atoms with van der Waals surface area (Å²) in [7, 11) is -8.14. The molecule has 5 rings (SSSR count). The van der Waals surface area contributed by atoms with Crippen LogP contribution in [-0.2, 0) is 51.3 Å². The third-order valence-electron chi connectivity index (χ3n) is 11.4. The van der Waals surface area contributed by atoms with Crippen LogP contribution in [0, 0.1) is 12.2 Å². The van der Waals surface area contributed by atoms with E-state index in [0.717, 1.165) is 25.7 Å². The van der Waals surface area contributed by atoms with Crippen molar-refractivity contribution < 1.29 is 45.6 Å². The third kappa shape index (κ3) is 18.0. The molecule has 0 saturated carbocycles. The van der Waals surface area contributed by atoms with E-state index in [1.54, 1.807) is 0 Å². The van der Waals surface area contributed by atoms with Gasteiger partial charge in [0.25, 0.3) is 0 Å². The number of alkyl halides is 3. The molecule has 10 heteroatoms. The summed E-state index contributed by atoms with van der Waals surface area (Å²) in [6.07, 6.45) is 16.2. The van der Waals surface area contributed by atoms with Crippen LogP contribution in [0.3, 0.4) is 0 Å². The first-order chi connectivity index (χ1) is 28.9. The smallest absolute Gasteiger partial charge is 0.741 e. The molecule has 0 unspecified atom stereocenters. The van der Waals surface area contributed by atoms with Crippen molar-refractivity contribution in [2.75, 3.05) is 0 Å². The molecule has 0 N–H and O–H groups in total. The zero-order chi connectivity index (χ0) is 47.6. The summed E-state index contributed by atoms with van der Waals surface area (Å²) in [4.78, 5) is 0. The van der Waals surface area contributed by atoms with Gasteiger partial charge in [-0.2, -0.15) is 13.2 Å². The van der Waals surface area contributed by atoms with Crippen molar-refractivity contribution in [2.45, 2.75) is 168 Å². The van der Waals surface area contributed by atoms with Crippen LogP contribution in [0.15, 0.2) is 109 Å². The van der Waals surface area contributed by atoms with E-state index in [9.17, 15) is 13.2 Å². The van der Waals surface area contributed by atoms with Crippen molar-refractivity contribution in [3.63, 3.8) is 0 Å². The number of benzene rings is 4. The van der Waals surface area contributed by atoms with Crippen LogP contribution in [0.2, 0.25) is 0 Å². The molecule has 1 aliphatic carbocycles. The van der Waals surface area contributed by atoms with Gasteiger partial charge in [-0.1, -0.05) is 144 Å². The monoisotopic (exact) mass is 1020 g/mol. The Morgan fingerprint density at radius 3 is 0.875 bits per heavy atom. The minimum atomic E-state index is -6.09. The molecule has 1 aliphatic rings. The molecule has 0 radical (unpaired) electrons. The Morgan fingerprint density at radius 1 is 0.500 bits per heavy atom. The van der Waals surface area contributed by atoms with Gasteiger partial charge in [0.1, 0.15) is 0 Å². The summed E-state index contributed by atoms with van der Waals surface area (Å²) >= 11 is 0. The largest absolute Gasteiger partial charge is 3.00 e. The molecule has 0 spiro atoms. The minimum absolute atomic E-state index is 0. The molecule has 4 aromatic rings. The Morgan fingerprint density at radius 2 is 0.703 bits per heavy atom. The molecule has 4 aromatic carbocycles. The number of rotatable bonds is 8. The average molecular weight is 1030 g/mol. The Kier molecular flexibility index (Phi) is 21.6. The van der Waals surface area contributed by atoms with E-state index in [0.29, 0.717) is 11.3 Å². The summed E-state index contributed by atoms with van der Waals surface area (Å²) in [5.74, 6) is 0. The molecule has 0 saturated heterocycles. The predicted molar refractivity (Wildman–Crippen MR) is 269 cm³/mol. The van der Waals surface area contributed by atoms with Crippen molar-refractivity contribution in [1.29, 1.82) is 0 Å². The molecular weight excluding hydrogens is 951 g/mol. The predicted octanol–water partition coefficient (Wildman–Crippen LogP) is 13.4. The first kappa shape index (κ1) is 57.7. The van der Waals surface area contributed by atoms with Gasteiger partial charge in [-0.3, -0.25) is 12.2 Å². The van der Waals surface area contributed by atoms with Gasteiger partial charge >= 0.3 is 25.0 Å². The molecule has 3 nitrogen and oxygen atoms in total. The van der Waals surface area contributed by atoms with E-state index >= 15 is 0 Å². The first-order valence-electron chi connectivity index (χ1n) is 22.2. The van der Waals surface area contributed by atoms with Crippen LogP contribution in [0.4, 0.5) is 13.2 Å². The van der Waals surface area contributed by atoms with Gasteiger partial charge in [0, 0.05) is 6.42 Å². The molecule has 0 bridgehead atoms. The summed E-state index contributed by atoms with van der Waals surface area (Å²) in [6.45, 7) is 32.9. The average Bonchev–Trinajstić information content (AvgIpc) is 3.14. The maximum atomic E-state index is 10.7. The molecule has 0 aliphatic heterocycles. The van der Waals surface area contributed by atoms with Crippen molar-refractivity contribution in [3.05, 3.63) is 144 Å². The zero-order valence-electron chi connectivity index (χ0n) is 40.7. The topological polar surface area (TPSA) is 57.2 Å². The first-order valence-corrected chi connectivity index (χ1v) is 26.8. The maximum absolute atomic E-state index is 10.7. The second kappa shape index (κ2) is 24.0. The SMILES string of the molecule is C[C@@H](C[C@H](C)[PH+](c1ccc(C(C)(C)C)cc1)c1ccc(C(C)(C)C)cc1)[PH+](c1ccc(C(C)(C)C)cc1)c1ccc(C(C)(C)C)cc1.O=S(=O)([O-])C(F)(F)F.[C-]1=CCCC=[C-]CC1.[Rh+3]. The van der Waals surface area contributed by atoms with Crippen molar-refractivity contribution in [1.82, 2.24) is 0 Å². The van der Waals surface area contributed by atoms with Crippen LogP contribution in [0.1, 0.15) is 151 Å². The van der Waals surface area contributed by atoms with Crippen LogP contribution >= 0.6 is 15.8 Å². The van der Waals surface area contributed by atoms with E-state index in [1.807, 2.05) is 0 Å². The van der Waals surface area contributed by atoms with Crippen LogP contribution in [0.5, 0.6) is 0 Å². The van der Waals surface area contributed by atoms with Gasteiger partial charge in [0.2, 0.25) is 0 Å². The number of allylic oxidation sites excluding steroid dienone is 4. The summed E-state index contributed by atoms with van der Waals surface area (Å²) in [5, 5.41) is 6.13. The molecule has 0 aromatic heterocycles. The Labute approximate surface area is 401 Å². The van der Waals surface area contributed by atoms with Crippen molar-refractivity contribution in [3.8, 4) is 0 Å². The van der Waals surface area contributed by atoms with Crippen LogP contribution in [-0.4, -0.2) is 29.8 Å². The van der Waals surface area contributed by atoms with Gasteiger partial charge in [-0.05, 0) is 106 Å². The fourth-order valence-corrected chi connectivity index (χ4v) is 14.0. The standard InChI is InChI=1S/C45H62P2.C8H10.CHF3O3S.Rh/c1-32(46(38-23-15-34(16-24-38)42(3,4)5)39-25-17-35(18-26-39)43(6,7)8)31-33(2)47(40-27-19-36(20-28-40)44(9,10)11)41-29-21-37(22-30-41)45(12,13)14;1-2-4-6-8-7-5-3-1;2-1(3,4)8(5,6)7;/h15-30,32-33H,31H2,1-14H3;1,6H,2,4-5,7H2;(H,5,6,7);/q;-2;;+3/p+1/t32-,33-;;;/m0.../s1. The Hall–Kier alpha value is -2.46. The maximum Gasteiger partial charge on any atom is 3.00 e. The normalized spacial score (nSPS) is 14.9. The molecule has 2 atom stereocenters. The van der Waals surface area contributed by atoms with Crippen LogP contribution < -0.4 is 21.2 Å². The van der Waals surface area contributed by atoms with Gasteiger partial charge in [0.15, 0.2) is 10.1 Å². The fourth-order valence-electron chi connectivity index (χ4n) is 7.56. The molecule has 0 heterocycles. The van der Waals surface area contributed by atoms with Gasteiger partial charge in [-0.25, -0.2) is 21.3 Å². The van der Waals surface area contributed by atoms with Gasteiger partial charge < -0.3 is 16.7 Å². The second-order valence-corrected chi connectivity index (χ2v) is 28.3. The van der Waals surface area contributed by atoms with Gasteiger partial charge in [0.05, 0.1) is 48.4 Å². The van der Waals surface area contributed by atoms with Gasteiger partial charge in [-0.15, -0.1) is 0 Å². The van der Waals surface area contributed by atoms with E-state index in [2.05, 4.69) is 218 Å².